The zero-order valence-corrected chi connectivity index (χ0v) is 15.0. The van der Waals surface area contributed by atoms with Gasteiger partial charge in [0.2, 0.25) is 0 Å². The lowest BCUT2D eigenvalue weighted by Gasteiger charge is -2.10. The molecule has 0 bridgehead atoms. The molecular weight excluding hydrogens is 377 g/mol. The van der Waals surface area contributed by atoms with Crippen molar-refractivity contribution in [1.29, 1.82) is 0 Å². The van der Waals surface area contributed by atoms with E-state index < -0.39 is 12.3 Å². The smallest absolute Gasteiger partial charge is 0.493 e. The minimum Gasteiger partial charge on any atom is -0.493 e. The van der Waals surface area contributed by atoms with E-state index in [0.29, 0.717) is 28.2 Å². The number of carboxylic acids is 1. The molecular formula is C20H17F3O5. The molecule has 0 aromatic heterocycles. The molecule has 148 valence electrons. The van der Waals surface area contributed by atoms with Gasteiger partial charge in [-0.15, -0.1) is 13.2 Å². The summed E-state index contributed by atoms with van der Waals surface area (Å²) in [6.45, 7) is 0. The van der Waals surface area contributed by atoms with Crippen molar-refractivity contribution >= 4 is 17.6 Å². The predicted octanol–water partition coefficient (Wildman–Crippen LogP) is 4.78. The van der Waals surface area contributed by atoms with Gasteiger partial charge in [0.05, 0.1) is 14.2 Å². The van der Waals surface area contributed by atoms with E-state index in [1.54, 1.807) is 24.3 Å². The summed E-state index contributed by atoms with van der Waals surface area (Å²) in [5.74, 6) is -0.572. The van der Waals surface area contributed by atoms with Crippen molar-refractivity contribution in [2.75, 3.05) is 14.2 Å². The molecule has 28 heavy (non-hydrogen) atoms. The van der Waals surface area contributed by atoms with Gasteiger partial charge in [0.15, 0.2) is 11.5 Å². The molecule has 0 amide bonds. The summed E-state index contributed by atoms with van der Waals surface area (Å²) in [5, 5.41) is 9.12. The SMILES string of the molecule is COc1ccc(C(/C=C/c2ccc(OC(F)(F)F)cc2)=C/C(=O)O)cc1OC. The van der Waals surface area contributed by atoms with Crippen molar-refractivity contribution in [1.82, 2.24) is 0 Å². The van der Waals surface area contributed by atoms with Gasteiger partial charge in [0.25, 0.3) is 0 Å². The summed E-state index contributed by atoms with van der Waals surface area (Å²) in [5.41, 5.74) is 1.49. The van der Waals surface area contributed by atoms with Gasteiger partial charge in [-0.3, -0.25) is 0 Å². The van der Waals surface area contributed by atoms with E-state index in [2.05, 4.69) is 4.74 Å². The molecule has 0 aliphatic carbocycles. The number of benzene rings is 2. The lowest BCUT2D eigenvalue weighted by Crippen LogP contribution is -2.16. The average Bonchev–Trinajstić information content (AvgIpc) is 2.64. The summed E-state index contributed by atoms with van der Waals surface area (Å²) in [4.78, 5) is 11.2. The molecule has 0 atom stereocenters. The van der Waals surface area contributed by atoms with Crippen molar-refractivity contribution in [2.24, 2.45) is 0 Å². The van der Waals surface area contributed by atoms with Crippen LogP contribution < -0.4 is 14.2 Å². The Morgan fingerprint density at radius 2 is 1.64 bits per heavy atom. The Balaban J connectivity index is 2.29. The van der Waals surface area contributed by atoms with Gasteiger partial charge in [-0.2, -0.15) is 0 Å². The summed E-state index contributed by atoms with van der Waals surface area (Å²) in [6, 6.07) is 10.1. The van der Waals surface area contributed by atoms with E-state index in [1.165, 1.54) is 44.6 Å². The molecule has 0 saturated heterocycles. The number of allylic oxidation sites excluding steroid dienone is 2. The molecule has 2 rings (SSSR count). The van der Waals surface area contributed by atoms with E-state index in [9.17, 15) is 18.0 Å². The topological polar surface area (TPSA) is 65.0 Å². The van der Waals surface area contributed by atoms with Gasteiger partial charge in [-0.25, -0.2) is 4.79 Å². The van der Waals surface area contributed by atoms with Gasteiger partial charge in [-0.1, -0.05) is 30.4 Å². The van der Waals surface area contributed by atoms with Crippen LogP contribution in [0.15, 0.2) is 54.6 Å². The molecule has 0 fully saturated rings. The Hall–Kier alpha value is -3.42. The van der Waals surface area contributed by atoms with Crippen LogP contribution in [0.5, 0.6) is 17.2 Å². The largest absolute Gasteiger partial charge is 0.573 e. The fraction of sp³-hybridized carbons (Fsp3) is 0.150. The van der Waals surface area contributed by atoms with Crippen LogP contribution in [0.1, 0.15) is 11.1 Å². The van der Waals surface area contributed by atoms with Crippen molar-refractivity contribution in [2.45, 2.75) is 6.36 Å². The molecule has 0 spiro atoms. The van der Waals surface area contributed by atoms with Crippen LogP contribution in [-0.2, 0) is 4.79 Å². The fourth-order valence-corrected chi connectivity index (χ4v) is 2.34. The van der Waals surface area contributed by atoms with Gasteiger partial charge < -0.3 is 19.3 Å². The summed E-state index contributed by atoms with van der Waals surface area (Å²) < 4.78 is 50.8. The molecule has 0 aliphatic rings. The summed E-state index contributed by atoms with van der Waals surface area (Å²) in [6.07, 6.45) is -0.640. The lowest BCUT2D eigenvalue weighted by atomic mass is 10.0. The first-order valence-electron chi connectivity index (χ1n) is 7.93. The Morgan fingerprint density at radius 3 is 2.18 bits per heavy atom. The van der Waals surface area contributed by atoms with Crippen molar-refractivity contribution in [3.8, 4) is 17.2 Å². The maximum Gasteiger partial charge on any atom is 0.573 e. The average molecular weight is 394 g/mol. The normalized spacial score (nSPS) is 12.1. The van der Waals surface area contributed by atoms with Crippen molar-refractivity contribution < 1.29 is 37.3 Å². The monoisotopic (exact) mass is 394 g/mol. The van der Waals surface area contributed by atoms with Crippen LogP contribution in [0.3, 0.4) is 0 Å². The second-order valence-corrected chi connectivity index (χ2v) is 5.46. The number of halogens is 3. The third-order valence-corrected chi connectivity index (χ3v) is 3.56. The van der Waals surface area contributed by atoms with Crippen LogP contribution in [0.2, 0.25) is 0 Å². The molecule has 0 saturated carbocycles. The van der Waals surface area contributed by atoms with Gasteiger partial charge >= 0.3 is 12.3 Å². The van der Waals surface area contributed by atoms with Crippen molar-refractivity contribution in [3.63, 3.8) is 0 Å². The number of alkyl halides is 3. The zero-order valence-electron chi connectivity index (χ0n) is 15.0. The van der Waals surface area contributed by atoms with Crippen LogP contribution in [0.4, 0.5) is 13.2 Å². The van der Waals surface area contributed by atoms with E-state index in [4.69, 9.17) is 14.6 Å². The third-order valence-electron chi connectivity index (χ3n) is 3.56. The number of hydrogen-bond acceptors (Lipinski definition) is 4. The highest BCUT2D eigenvalue weighted by molar-refractivity contribution is 5.94. The Kier molecular flexibility index (Phi) is 6.70. The molecule has 0 unspecified atom stereocenters. The van der Waals surface area contributed by atoms with E-state index in [0.717, 1.165) is 6.08 Å². The minimum absolute atomic E-state index is 0.342. The van der Waals surface area contributed by atoms with Crippen LogP contribution in [0, 0.1) is 0 Å². The molecule has 2 aromatic carbocycles. The number of hydrogen-bond donors (Lipinski definition) is 1. The highest BCUT2D eigenvalue weighted by Gasteiger charge is 2.30. The quantitative estimate of drug-likeness (QED) is 0.541. The first-order chi connectivity index (χ1) is 13.2. The summed E-state index contributed by atoms with van der Waals surface area (Å²) in [7, 11) is 2.94. The van der Waals surface area contributed by atoms with E-state index in [1.807, 2.05) is 0 Å². The van der Waals surface area contributed by atoms with Gasteiger partial charge in [-0.05, 0) is 41.0 Å². The maximum atomic E-state index is 12.2. The number of carbonyl (C=O) groups is 1. The van der Waals surface area contributed by atoms with E-state index >= 15 is 0 Å². The van der Waals surface area contributed by atoms with Crippen LogP contribution >= 0.6 is 0 Å². The van der Waals surface area contributed by atoms with Crippen molar-refractivity contribution in [3.05, 3.63) is 65.7 Å². The van der Waals surface area contributed by atoms with Crippen LogP contribution in [-0.4, -0.2) is 31.7 Å². The molecule has 0 heterocycles. The molecule has 0 radical (unpaired) electrons. The predicted molar refractivity (Wildman–Crippen MR) is 97.3 cm³/mol. The zero-order chi connectivity index (χ0) is 20.7. The number of aliphatic carboxylic acids is 1. The number of methoxy groups -OCH3 is 2. The summed E-state index contributed by atoms with van der Waals surface area (Å²) >= 11 is 0. The first kappa shape index (κ1) is 20.9. The minimum atomic E-state index is -4.76. The van der Waals surface area contributed by atoms with Crippen LogP contribution in [0.25, 0.3) is 11.6 Å². The molecule has 5 nitrogen and oxygen atoms in total. The number of rotatable bonds is 7. The Morgan fingerprint density at radius 1 is 1.00 bits per heavy atom. The first-order valence-corrected chi connectivity index (χ1v) is 7.93. The second-order valence-electron chi connectivity index (χ2n) is 5.46. The number of ether oxygens (including phenoxy) is 3. The number of carboxylic acid groups (broad SMARTS) is 1. The van der Waals surface area contributed by atoms with Gasteiger partial charge in [0, 0.05) is 6.08 Å². The second kappa shape index (κ2) is 8.98. The Bertz CT molecular complexity index is 884. The molecule has 0 aliphatic heterocycles. The highest BCUT2D eigenvalue weighted by atomic mass is 19.4. The molecule has 1 N–H and O–H groups in total. The Labute approximate surface area is 159 Å². The standard InChI is InChI=1S/C20H17F3O5/c1-26-17-10-7-14(11-18(17)27-2)15(12-19(24)25)6-3-13-4-8-16(9-5-13)28-20(21,22)23/h3-12H,1-2H3,(H,24,25)/b6-3+,15-12+. The lowest BCUT2D eigenvalue weighted by molar-refractivity contribution is -0.274. The molecule has 2 aromatic rings. The maximum absolute atomic E-state index is 12.2. The van der Waals surface area contributed by atoms with E-state index in [-0.39, 0.29) is 5.75 Å². The third kappa shape index (κ3) is 6.08. The van der Waals surface area contributed by atoms with Gasteiger partial charge in [0.1, 0.15) is 5.75 Å². The fourth-order valence-electron chi connectivity index (χ4n) is 2.34. The highest BCUT2D eigenvalue weighted by Crippen LogP contribution is 2.31. The molecule has 8 heteroatoms.